The van der Waals surface area contributed by atoms with Gasteiger partial charge >= 0.3 is 6.03 Å². The summed E-state index contributed by atoms with van der Waals surface area (Å²) in [6.07, 6.45) is 2.21. The molecule has 0 spiro atoms. The number of fused-ring (bicyclic) bond motifs is 1. The average molecular weight is 376 g/mol. The Morgan fingerprint density at radius 3 is 2.64 bits per heavy atom. The monoisotopic (exact) mass is 376 g/mol. The summed E-state index contributed by atoms with van der Waals surface area (Å²) in [5.41, 5.74) is 3.62. The molecule has 0 radical (unpaired) electrons. The summed E-state index contributed by atoms with van der Waals surface area (Å²) in [6, 6.07) is 13.9. The molecule has 1 atom stereocenters. The first kappa shape index (κ1) is 17.8. The lowest BCUT2D eigenvalue weighted by Gasteiger charge is -2.13. The second-order valence-electron chi connectivity index (χ2n) is 6.90. The summed E-state index contributed by atoms with van der Waals surface area (Å²) in [7, 11) is 0. The molecule has 3 aromatic rings. The number of aromatic nitrogens is 1. The number of aryl methyl sites for hydroxylation is 1. The van der Waals surface area contributed by atoms with Crippen molar-refractivity contribution < 1.29 is 14.4 Å². The Balaban J connectivity index is 1.42. The quantitative estimate of drug-likeness (QED) is 0.598. The van der Waals surface area contributed by atoms with E-state index < -0.39 is 23.9 Å². The zero-order valence-corrected chi connectivity index (χ0v) is 15.4. The van der Waals surface area contributed by atoms with Crippen molar-refractivity contribution in [2.24, 2.45) is 0 Å². The Labute approximate surface area is 161 Å². The van der Waals surface area contributed by atoms with E-state index in [9.17, 15) is 14.4 Å². The maximum atomic E-state index is 12.7. The molecule has 1 aliphatic rings. The lowest BCUT2D eigenvalue weighted by molar-refractivity contribution is -0.130. The second kappa shape index (κ2) is 7.19. The Morgan fingerprint density at radius 2 is 1.86 bits per heavy atom. The maximum Gasteiger partial charge on any atom is 0.325 e. The molecule has 0 unspecified atom stereocenters. The minimum atomic E-state index is -0.682. The van der Waals surface area contributed by atoms with Crippen LogP contribution in [0.15, 0.2) is 54.7 Å². The highest BCUT2D eigenvalue weighted by molar-refractivity contribution is 6.08. The van der Waals surface area contributed by atoms with E-state index in [-0.39, 0.29) is 6.54 Å². The molecule has 4 amide bonds. The van der Waals surface area contributed by atoms with Gasteiger partial charge in [0.15, 0.2) is 0 Å². The van der Waals surface area contributed by atoms with Crippen LogP contribution in [0.5, 0.6) is 0 Å². The summed E-state index contributed by atoms with van der Waals surface area (Å²) in [4.78, 5) is 41.3. The van der Waals surface area contributed by atoms with Gasteiger partial charge in [0.2, 0.25) is 5.91 Å². The van der Waals surface area contributed by atoms with Gasteiger partial charge in [-0.1, -0.05) is 35.9 Å². The number of anilines is 1. The van der Waals surface area contributed by atoms with Gasteiger partial charge < -0.3 is 15.6 Å². The van der Waals surface area contributed by atoms with Crippen LogP contribution in [0, 0.1) is 6.92 Å². The van der Waals surface area contributed by atoms with Crippen molar-refractivity contribution in [1.29, 1.82) is 0 Å². The van der Waals surface area contributed by atoms with Crippen LogP contribution in [0.2, 0.25) is 0 Å². The molecule has 0 bridgehead atoms. The molecular weight excluding hydrogens is 356 g/mol. The van der Waals surface area contributed by atoms with Gasteiger partial charge in [-0.15, -0.1) is 0 Å². The Morgan fingerprint density at radius 1 is 1.11 bits per heavy atom. The highest BCUT2D eigenvalue weighted by atomic mass is 16.2. The molecular formula is C21H20N4O3. The van der Waals surface area contributed by atoms with Crippen molar-refractivity contribution >= 4 is 34.4 Å². The number of aromatic amines is 1. The van der Waals surface area contributed by atoms with Crippen LogP contribution in [0.3, 0.4) is 0 Å². The lowest BCUT2D eigenvalue weighted by Crippen LogP contribution is -2.38. The van der Waals surface area contributed by atoms with E-state index in [4.69, 9.17) is 0 Å². The Bertz CT molecular complexity index is 1050. The van der Waals surface area contributed by atoms with Gasteiger partial charge in [-0.2, -0.15) is 0 Å². The van der Waals surface area contributed by atoms with Crippen LogP contribution in [0.25, 0.3) is 10.9 Å². The molecule has 7 heteroatoms. The van der Waals surface area contributed by atoms with Gasteiger partial charge in [0, 0.05) is 29.2 Å². The Hall–Kier alpha value is -3.61. The fraction of sp³-hybridized carbons (Fsp3) is 0.190. The topological polar surface area (TPSA) is 94.3 Å². The number of hydrogen-bond acceptors (Lipinski definition) is 3. The summed E-state index contributed by atoms with van der Waals surface area (Å²) >= 11 is 0. The molecule has 1 aromatic heterocycles. The minimum absolute atomic E-state index is 0.317. The lowest BCUT2D eigenvalue weighted by atomic mass is 10.1. The molecule has 142 valence electrons. The first-order valence-corrected chi connectivity index (χ1v) is 9.04. The smallest absolute Gasteiger partial charge is 0.325 e. The number of amides is 4. The molecule has 1 fully saturated rings. The molecule has 0 aliphatic carbocycles. The summed E-state index contributed by atoms with van der Waals surface area (Å²) in [5, 5.41) is 6.39. The number of nitrogens with zero attached hydrogens (tertiary/aromatic N) is 1. The molecule has 7 nitrogen and oxygen atoms in total. The number of carbonyl (C=O) groups excluding carboxylic acids is 3. The van der Waals surface area contributed by atoms with Crippen LogP contribution in [0.1, 0.15) is 11.1 Å². The normalized spacial score (nSPS) is 16.5. The number of para-hydroxylation sites is 1. The standard InChI is InChI=1S/C21H20N4O3/c1-13-6-8-15(9-7-13)23-19(26)12-25-20(27)18(24-21(25)28)10-14-11-22-17-5-3-2-4-16(14)17/h2-9,11,18,22H,10,12H2,1H3,(H,23,26)(H,24,28)/t18-/m1/s1. The Kier molecular flexibility index (Phi) is 4.57. The molecule has 2 heterocycles. The first-order valence-electron chi connectivity index (χ1n) is 9.04. The molecule has 0 saturated carbocycles. The largest absolute Gasteiger partial charge is 0.361 e. The van der Waals surface area contributed by atoms with Crippen LogP contribution in [-0.2, 0) is 16.0 Å². The molecule has 28 heavy (non-hydrogen) atoms. The third-order valence-electron chi connectivity index (χ3n) is 4.84. The fourth-order valence-corrected chi connectivity index (χ4v) is 3.37. The number of hydrogen-bond donors (Lipinski definition) is 3. The van der Waals surface area contributed by atoms with E-state index in [0.29, 0.717) is 12.1 Å². The molecule has 3 N–H and O–H groups in total. The summed E-state index contributed by atoms with van der Waals surface area (Å²) in [5.74, 6) is -0.811. The number of benzene rings is 2. The highest BCUT2D eigenvalue weighted by Crippen LogP contribution is 2.21. The van der Waals surface area contributed by atoms with Crippen molar-refractivity contribution in [3.8, 4) is 0 Å². The van der Waals surface area contributed by atoms with E-state index in [1.807, 2.05) is 49.5 Å². The van der Waals surface area contributed by atoms with Crippen molar-refractivity contribution in [3.63, 3.8) is 0 Å². The number of H-pyrrole nitrogens is 1. The van der Waals surface area contributed by atoms with Crippen molar-refractivity contribution in [1.82, 2.24) is 15.2 Å². The van der Waals surface area contributed by atoms with Crippen LogP contribution >= 0.6 is 0 Å². The van der Waals surface area contributed by atoms with Gasteiger partial charge in [0.05, 0.1) is 0 Å². The number of imide groups is 1. The molecule has 2 aromatic carbocycles. The molecule has 4 rings (SSSR count). The van der Waals surface area contributed by atoms with Crippen molar-refractivity contribution in [2.75, 3.05) is 11.9 Å². The van der Waals surface area contributed by atoms with Crippen LogP contribution in [0.4, 0.5) is 10.5 Å². The van der Waals surface area contributed by atoms with E-state index >= 15 is 0 Å². The predicted molar refractivity (Wildman–Crippen MR) is 106 cm³/mol. The maximum absolute atomic E-state index is 12.7. The van der Waals surface area contributed by atoms with Crippen LogP contribution < -0.4 is 10.6 Å². The third kappa shape index (κ3) is 3.46. The van der Waals surface area contributed by atoms with Gasteiger partial charge in [-0.3, -0.25) is 14.5 Å². The first-order chi connectivity index (χ1) is 13.5. The number of nitrogens with one attached hydrogen (secondary N) is 3. The number of carbonyl (C=O) groups is 3. The highest BCUT2D eigenvalue weighted by Gasteiger charge is 2.39. The van der Waals surface area contributed by atoms with Crippen molar-refractivity contribution in [3.05, 3.63) is 65.9 Å². The van der Waals surface area contributed by atoms with Gasteiger partial charge in [-0.25, -0.2) is 4.79 Å². The van der Waals surface area contributed by atoms with Crippen LogP contribution in [-0.4, -0.2) is 40.3 Å². The number of rotatable bonds is 5. The SMILES string of the molecule is Cc1ccc(NC(=O)CN2C(=O)N[C@H](Cc3c[nH]c4ccccc34)C2=O)cc1. The molecule has 1 saturated heterocycles. The third-order valence-corrected chi connectivity index (χ3v) is 4.84. The summed E-state index contributed by atoms with van der Waals surface area (Å²) in [6.45, 7) is 1.63. The second-order valence-corrected chi connectivity index (χ2v) is 6.90. The predicted octanol–water partition coefficient (Wildman–Crippen LogP) is 2.58. The van der Waals surface area contributed by atoms with E-state index in [0.717, 1.165) is 26.9 Å². The van der Waals surface area contributed by atoms with E-state index in [1.165, 1.54) is 0 Å². The zero-order valence-electron chi connectivity index (χ0n) is 15.4. The van der Waals surface area contributed by atoms with E-state index in [1.54, 1.807) is 12.1 Å². The van der Waals surface area contributed by atoms with E-state index in [2.05, 4.69) is 15.6 Å². The summed E-state index contributed by atoms with van der Waals surface area (Å²) < 4.78 is 0. The zero-order chi connectivity index (χ0) is 19.7. The number of urea groups is 1. The fourth-order valence-electron chi connectivity index (χ4n) is 3.37. The van der Waals surface area contributed by atoms with Gasteiger partial charge in [0.1, 0.15) is 12.6 Å². The minimum Gasteiger partial charge on any atom is -0.361 e. The van der Waals surface area contributed by atoms with Gasteiger partial charge in [-0.05, 0) is 30.7 Å². The van der Waals surface area contributed by atoms with Crippen molar-refractivity contribution in [2.45, 2.75) is 19.4 Å². The average Bonchev–Trinajstić information content (AvgIpc) is 3.20. The van der Waals surface area contributed by atoms with Gasteiger partial charge in [0.25, 0.3) is 5.91 Å². The molecule has 1 aliphatic heterocycles.